The molecule has 5 nitrogen and oxygen atoms in total. The van der Waals surface area contributed by atoms with Crippen LogP contribution in [0.15, 0.2) is 0 Å². The lowest BCUT2D eigenvalue weighted by atomic mass is 9.91. The molecule has 1 amide bonds. The van der Waals surface area contributed by atoms with Crippen molar-refractivity contribution in [3.05, 3.63) is 0 Å². The van der Waals surface area contributed by atoms with E-state index in [0.29, 0.717) is 32.6 Å². The number of aliphatic hydroxyl groups excluding tert-OH is 1. The third kappa shape index (κ3) is 4.08. The molecule has 0 unspecified atom stereocenters. The maximum Gasteiger partial charge on any atom is 0.234 e. The van der Waals surface area contributed by atoms with Crippen LogP contribution in [0.4, 0.5) is 0 Å². The molecular formula is C11H22N2O3. The molecule has 0 aromatic rings. The number of aliphatic hydroxyl groups is 1. The van der Waals surface area contributed by atoms with Crippen LogP contribution in [0.2, 0.25) is 0 Å². The molecule has 1 rings (SSSR count). The molecular weight excluding hydrogens is 208 g/mol. The quantitative estimate of drug-likeness (QED) is 0.545. The second kappa shape index (κ2) is 6.83. The SMILES string of the molecule is CCCNCC(=O)NC1(CO)CCOCC1. The summed E-state index contributed by atoms with van der Waals surface area (Å²) in [6.45, 7) is 4.39. The molecule has 1 heterocycles. The molecule has 1 aliphatic heterocycles. The van der Waals surface area contributed by atoms with Crippen molar-refractivity contribution in [2.75, 3.05) is 32.9 Å². The number of carbonyl (C=O) groups is 1. The molecule has 94 valence electrons. The lowest BCUT2D eigenvalue weighted by molar-refractivity contribution is -0.124. The first-order valence-electron chi connectivity index (χ1n) is 5.93. The fourth-order valence-corrected chi connectivity index (χ4v) is 1.80. The van der Waals surface area contributed by atoms with Gasteiger partial charge in [-0.15, -0.1) is 0 Å². The fourth-order valence-electron chi connectivity index (χ4n) is 1.80. The zero-order valence-electron chi connectivity index (χ0n) is 9.92. The van der Waals surface area contributed by atoms with Crippen molar-refractivity contribution in [1.29, 1.82) is 0 Å². The van der Waals surface area contributed by atoms with Gasteiger partial charge in [-0.05, 0) is 25.8 Å². The van der Waals surface area contributed by atoms with E-state index in [9.17, 15) is 9.90 Å². The van der Waals surface area contributed by atoms with Gasteiger partial charge < -0.3 is 20.5 Å². The summed E-state index contributed by atoms with van der Waals surface area (Å²) in [6, 6.07) is 0. The molecule has 0 spiro atoms. The van der Waals surface area contributed by atoms with Crippen molar-refractivity contribution in [3.8, 4) is 0 Å². The topological polar surface area (TPSA) is 70.6 Å². The highest BCUT2D eigenvalue weighted by Crippen LogP contribution is 2.19. The van der Waals surface area contributed by atoms with Crippen molar-refractivity contribution in [1.82, 2.24) is 10.6 Å². The average Bonchev–Trinajstić information content (AvgIpc) is 2.30. The Kier molecular flexibility index (Phi) is 5.73. The standard InChI is InChI=1S/C11H22N2O3/c1-2-5-12-8-10(15)13-11(9-14)3-6-16-7-4-11/h12,14H,2-9H2,1H3,(H,13,15). The first kappa shape index (κ1) is 13.4. The van der Waals surface area contributed by atoms with Crippen LogP contribution in [-0.4, -0.2) is 49.5 Å². The molecule has 0 atom stereocenters. The van der Waals surface area contributed by atoms with Gasteiger partial charge in [0.2, 0.25) is 5.91 Å². The van der Waals surface area contributed by atoms with Crippen LogP contribution in [0.25, 0.3) is 0 Å². The Hall–Kier alpha value is -0.650. The van der Waals surface area contributed by atoms with Crippen LogP contribution >= 0.6 is 0 Å². The van der Waals surface area contributed by atoms with E-state index in [1.807, 2.05) is 0 Å². The normalized spacial score (nSPS) is 19.4. The van der Waals surface area contributed by atoms with E-state index in [4.69, 9.17) is 4.74 Å². The average molecular weight is 230 g/mol. The summed E-state index contributed by atoms with van der Waals surface area (Å²) in [4.78, 5) is 11.6. The van der Waals surface area contributed by atoms with Crippen molar-refractivity contribution < 1.29 is 14.6 Å². The predicted octanol–water partition coefficient (Wildman–Crippen LogP) is -0.356. The number of rotatable bonds is 6. The third-order valence-corrected chi connectivity index (χ3v) is 2.87. The first-order valence-corrected chi connectivity index (χ1v) is 5.93. The van der Waals surface area contributed by atoms with Gasteiger partial charge >= 0.3 is 0 Å². The molecule has 1 saturated heterocycles. The molecule has 0 aromatic heterocycles. The van der Waals surface area contributed by atoms with E-state index in [0.717, 1.165) is 13.0 Å². The molecule has 0 aliphatic carbocycles. The zero-order chi connectivity index (χ0) is 11.9. The van der Waals surface area contributed by atoms with Gasteiger partial charge in [0, 0.05) is 13.2 Å². The molecule has 1 aliphatic rings. The minimum atomic E-state index is -0.469. The molecule has 0 bridgehead atoms. The molecule has 0 saturated carbocycles. The second-order valence-electron chi connectivity index (χ2n) is 4.28. The minimum absolute atomic E-state index is 0.0180. The van der Waals surface area contributed by atoms with E-state index in [1.165, 1.54) is 0 Å². The highest BCUT2D eigenvalue weighted by molar-refractivity contribution is 5.78. The number of hydrogen-bond acceptors (Lipinski definition) is 4. The highest BCUT2D eigenvalue weighted by Gasteiger charge is 2.33. The first-order chi connectivity index (χ1) is 7.72. The van der Waals surface area contributed by atoms with Crippen molar-refractivity contribution >= 4 is 5.91 Å². The predicted molar refractivity (Wildman–Crippen MR) is 61.2 cm³/mol. The summed E-state index contributed by atoms with van der Waals surface area (Å²) in [5.41, 5.74) is -0.469. The van der Waals surface area contributed by atoms with E-state index >= 15 is 0 Å². The van der Waals surface area contributed by atoms with Gasteiger partial charge in [-0.25, -0.2) is 0 Å². The molecule has 3 N–H and O–H groups in total. The Morgan fingerprint density at radius 3 is 2.69 bits per heavy atom. The van der Waals surface area contributed by atoms with Gasteiger partial charge in [-0.2, -0.15) is 0 Å². The number of carbonyl (C=O) groups excluding carboxylic acids is 1. The summed E-state index contributed by atoms with van der Waals surface area (Å²) in [5, 5.41) is 15.3. The molecule has 0 aromatic carbocycles. The Morgan fingerprint density at radius 1 is 1.44 bits per heavy atom. The smallest absolute Gasteiger partial charge is 0.234 e. The van der Waals surface area contributed by atoms with Gasteiger partial charge in [0.15, 0.2) is 0 Å². The summed E-state index contributed by atoms with van der Waals surface area (Å²) in [5.74, 6) is -0.0515. The Morgan fingerprint density at radius 2 is 2.12 bits per heavy atom. The highest BCUT2D eigenvalue weighted by atomic mass is 16.5. The monoisotopic (exact) mass is 230 g/mol. The minimum Gasteiger partial charge on any atom is -0.394 e. The number of ether oxygens (including phenoxy) is 1. The largest absolute Gasteiger partial charge is 0.394 e. The molecule has 0 radical (unpaired) electrons. The molecule has 16 heavy (non-hydrogen) atoms. The van der Waals surface area contributed by atoms with E-state index in [2.05, 4.69) is 17.6 Å². The van der Waals surface area contributed by atoms with Crippen molar-refractivity contribution in [2.24, 2.45) is 0 Å². The lowest BCUT2D eigenvalue weighted by Crippen LogP contribution is -2.56. The number of hydrogen-bond donors (Lipinski definition) is 3. The van der Waals surface area contributed by atoms with Gasteiger partial charge in [0.25, 0.3) is 0 Å². The van der Waals surface area contributed by atoms with Crippen LogP contribution in [-0.2, 0) is 9.53 Å². The van der Waals surface area contributed by atoms with Crippen molar-refractivity contribution in [2.45, 2.75) is 31.7 Å². The second-order valence-corrected chi connectivity index (χ2v) is 4.28. The Labute approximate surface area is 96.6 Å². The summed E-state index contributed by atoms with van der Waals surface area (Å²) < 4.78 is 5.23. The van der Waals surface area contributed by atoms with Gasteiger partial charge in [-0.1, -0.05) is 6.92 Å². The van der Waals surface area contributed by atoms with Gasteiger partial charge in [-0.3, -0.25) is 4.79 Å². The number of nitrogens with one attached hydrogen (secondary N) is 2. The van der Waals surface area contributed by atoms with Gasteiger partial charge in [0.05, 0.1) is 18.7 Å². The van der Waals surface area contributed by atoms with E-state index in [1.54, 1.807) is 0 Å². The maximum atomic E-state index is 11.6. The van der Waals surface area contributed by atoms with Crippen LogP contribution in [0, 0.1) is 0 Å². The Bertz CT molecular complexity index is 215. The fraction of sp³-hybridized carbons (Fsp3) is 0.909. The van der Waals surface area contributed by atoms with E-state index in [-0.39, 0.29) is 12.5 Å². The van der Waals surface area contributed by atoms with E-state index < -0.39 is 5.54 Å². The molecule has 1 fully saturated rings. The lowest BCUT2D eigenvalue weighted by Gasteiger charge is -2.36. The van der Waals surface area contributed by atoms with Crippen LogP contribution in [0.5, 0.6) is 0 Å². The van der Waals surface area contributed by atoms with Crippen LogP contribution in [0.1, 0.15) is 26.2 Å². The maximum absolute atomic E-state index is 11.6. The molecule has 5 heteroatoms. The van der Waals surface area contributed by atoms with Crippen LogP contribution < -0.4 is 10.6 Å². The van der Waals surface area contributed by atoms with Crippen LogP contribution in [0.3, 0.4) is 0 Å². The van der Waals surface area contributed by atoms with Crippen molar-refractivity contribution in [3.63, 3.8) is 0 Å². The summed E-state index contributed by atoms with van der Waals surface area (Å²) in [7, 11) is 0. The third-order valence-electron chi connectivity index (χ3n) is 2.87. The summed E-state index contributed by atoms with van der Waals surface area (Å²) >= 11 is 0. The van der Waals surface area contributed by atoms with Gasteiger partial charge in [0.1, 0.15) is 0 Å². The number of amides is 1. The zero-order valence-corrected chi connectivity index (χ0v) is 9.92. The summed E-state index contributed by atoms with van der Waals surface area (Å²) in [6.07, 6.45) is 2.37. The Balaban J connectivity index is 2.33.